The van der Waals surface area contributed by atoms with E-state index < -0.39 is 16.0 Å². The van der Waals surface area contributed by atoms with Crippen LogP contribution in [0.4, 0.5) is 5.69 Å². The molecule has 2 aromatic heterocycles. The number of anilines is 1. The number of carbonyl (C=O) groups is 1. The van der Waals surface area contributed by atoms with Gasteiger partial charge in [-0.2, -0.15) is 5.26 Å². The third-order valence-corrected chi connectivity index (χ3v) is 5.05. The molecule has 0 atom stereocenters. The number of sulfonamides is 1. The number of thiophene rings is 1. The lowest BCUT2D eigenvalue weighted by atomic mass is 10.3. The van der Waals surface area contributed by atoms with Gasteiger partial charge in [-0.1, -0.05) is 0 Å². The number of hydrogen-bond acceptors (Lipinski definition) is 6. The van der Waals surface area contributed by atoms with Crippen molar-refractivity contribution < 1.29 is 18.3 Å². The normalized spacial score (nSPS) is 10.8. The second-order valence-corrected chi connectivity index (χ2v) is 6.56. The fourth-order valence-corrected chi connectivity index (χ4v) is 3.49. The minimum Gasteiger partial charge on any atom is -0.477 e. The van der Waals surface area contributed by atoms with Gasteiger partial charge < -0.3 is 5.11 Å². The molecule has 0 unspecified atom stereocenters. The third kappa shape index (κ3) is 2.93. The van der Waals surface area contributed by atoms with Crippen molar-refractivity contribution in [2.45, 2.75) is 4.21 Å². The largest absolute Gasteiger partial charge is 0.477 e. The standard InChI is InChI=1S/C11H7N3O4S2/c12-6-8-1-2-10(19-8)20(17,18)14-7-3-4-13-9(5-7)11(15)16/h1-5H,(H,13,14)(H,15,16). The fraction of sp³-hybridized carbons (Fsp3) is 0. The number of nitrogens with zero attached hydrogens (tertiary/aromatic N) is 2. The van der Waals surface area contributed by atoms with Gasteiger partial charge in [0, 0.05) is 6.20 Å². The number of nitriles is 1. The SMILES string of the molecule is N#Cc1ccc(S(=O)(=O)Nc2ccnc(C(=O)O)c2)s1. The number of nitrogens with one attached hydrogen (secondary N) is 1. The maximum Gasteiger partial charge on any atom is 0.354 e. The Balaban J connectivity index is 2.31. The number of pyridine rings is 1. The minimum absolute atomic E-state index is 0.0252. The average Bonchev–Trinajstić information content (AvgIpc) is 2.88. The van der Waals surface area contributed by atoms with Crippen LogP contribution in [0.1, 0.15) is 15.4 Å². The van der Waals surface area contributed by atoms with E-state index >= 15 is 0 Å². The van der Waals surface area contributed by atoms with Gasteiger partial charge >= 0.3 is 5.97 Å². The van der Waals surface area contributed by atoms with E-state index in [-0.39, 0.29) is 20.5 Å². The van der Waals surface area contributed by atoms with Crippen LogP contribution in [0.2, 0.25) is 0 Å². The van der Waals surface area contributed by atoms with Crippen LogP contribution in [0.25, 0.3) is 0 Å². The Bertz CT molecular complexity index is 805. The number of carboxylic acid groups (broad SMARTS) is 1. The Labute approximate surface area is 118 Å². The molecule has 7 nitrogen and oxygen atoms in total. The van der Waals surface area contributed by atoms with Gasteiger partial charge in [0.2, 0.25) is 0 Å². The first-order valence-electron chi connectivity index (χ1n) is 5.14. The van der Waals surface area contributed by atoms with Crippen molar-refractivity contribution in [2.75, 3.05) is 4.72 Å². The Morgan fingerprint density at radius 1 is 1.40 bits per heavy atom. The maximum atomic E-state index is 12.0. The van der Waals surface area contributed by atoms with Crippen LogP contribution < -0.4 is 4.72 Å². The molecule has 102 valence electrons. The number of carboxylic acids is 1. The molecule has 0 aromatic carbocycles. The highest BCUT2D eigenvalue weighted by molar-refractivity contribution is 7.94. The molecule has 20 heavy (non-hydrogen) atoms. The molecule has 2 rings (SSSR count). The van der Waals surface area contributed by atoms with E-state index in [4.69, 9.17) is 10.4 Å². The Morgan fingerprint density at radius 3 is 2.75 bits per heavy atom. The van der Waals surface area contributed by atoms with Crippen LogP contribution in [0.5, 0.6) is 0 Å². The van der Waals surface area contributed by atoms with Gasteiger partial charge in [-0.25, -0.2) is 18.2 Å². The zero-order chi connectivity index (χ0) is 14.8. The topological polar surface area (TPSA) is 120 Å². The quantitative estimate of drug-likeness (QED) is 0.883. The first-order chi connectivity index (χ1) is 9.42. The van der Waals surface area contributed by atoms with E-state index in [0.29, 0.717) is 0 Å². The monoisotopic (exact) mass is 309 g/mol. The second kappa shape index (κ2) is 5.28. The highest BCUT2D eigenvalue weighted by atomic mass is 32.2. The summed E-state index contributed by atoms with van der Waals surface area (Å²) in [7, 11) is -3.85. The molecule has 0 fully saturated rings. The highest BCUT2D eigenvalue weighted by Crippen LogP contribution is 2.23. The number of aromatic nitrogens is 1. The van der Waals surface area contributed by atoms with Gasteiger partial charge in [0.05, 0.1) is 5.69 Å². The van der Waals surface area contributed by atoms with Crippen LogP contribution in [-0.4, -0.2) is 24.5 Å². The van der Waals surface area contributed by atoms with E-state index in [1.54, 1.807) is 0 Å². The number of hydrogen-bond donors (Lipinski definition) is 2. The van der Waals surface area contributed by atoms with Crippen molar-refractivity contribution in [1.82, 2.24) is 4.98 Å². The van der Waals surface area contributed by atoms with Crippen LogP contribution in [0, 0.1) is 11.3 Å². The van der Waals surface area contributed by atoms with Crippen LogP contribution in [0.15, 0.2) is 34.7 Å². The smallest absolute Gasteiger partial charge is 0.354 e. The van der Waals surface area contributed by atoms with E-state index in [1.807, 2.05) is 6.07 Å². The summed E-state index contributed by atoms with van der Waals surface area (Å²) in [4.78, 5) is 14.6. The van der Waals surface area contributed by atoms with Gasteiger partial charge in [0.25, 0.3) is 10.0 Å². The lowest BCUT2D eigenvalue weighted by Crippen LogP contribution is -2.12. The Kier molecular flexibility index (Phi) is 3.69. The van der Waals surface area contributed by atoms with E-state index in [0.717, 1.165) is 17.4 Å². The zero-order valence-electron chi connectivity index (χ0n) is 9.77. The lowest BCUT2D eigenvalue weighted by molar-refractivity contribution is 0.0690. The van der Waals surface area contributed by atoms with Gasteiger partial charge in [-0.15, -0.1) is 11.3 Å². The lowest BCUT2D eigenvalue weighted by Gasteiger charge is -2.06. The molecule has 2 N–H and O–H groups in total. The predicted molar refractivity (Wildman–Crippen MR) is 71.0 cm³/mol. The molecule has 0 aliphatic carbocycles. The summed E-state index contributed by atoms with van der Waals surface area (Å²) in [5, 5.41) is 17.5. The maximum absolute atomic E-state index is 12.0. The summed E-state index contributed by atoms with van der Waals surface area (Å²) in [6, 6.07) is 7.00. The minimum atomic E-state index is -3.85. The van der Waals surface area contributed by atoms with Crippen molar-refractivity contribution in [3.05, 3.63) is 41.0 Å². The Morgan fingerprint density at radius 2 is 2.15 bits per heavy atom. The number of aromatic carboxylic acids is 1. The molecule has 0 spiro atoms. The Hall–Kier alpha value is -2.44. The fourth-order valence-electron chi connectivity index (χ4n) is 1.34. The summed E-state index contributed by atoms with van der Waals surface area (Å²) in [5.41, 5.74) is -0.182. The molecule has 0 saturated heterocycles. The number of rotatable bonds is 4. The van der Waals surface area contributed by atoms with E-state index in [1.165, 1.54) is 24.4 Å². The average molecular weight is 309 g/mol. The molecule has 0 bridgehead atoms. The van der Waals surface area contributed by atoms with Gasteiger partial charge in [0.1, 0.15) is 20.8 Å². The van der Waals surface area contributed by atoms with Crippen LogP contribution in [-0.2, 0) is 10.0 Å². The summed E-state index contributed by atoms with van der Waals surface area (Å²) in [5.74, 6) is -1.26. The highest BCUT2D eigenvalue weighted by Gasteiger charge is 2.17. The molecule has 0 amide bonds. The second-order valence-electron chi connectivity index (χ2n) is 3.57. The summed E-state index contributed by atoms with van der Waals surface area (Å²) >= 11 is 0.826. The summed E-state index contributed by atoms with van der Waals surface area (Å²) < 4.78 is 26.3. The molecular weight excluding hydrogens is 302 g/mol. The van der Waals surface area contributed by atoms with Crippen molar-refractivity contribution in [2.24, 2.45) is 0 Å². The molecule has 0 saturated carbocycles. The first-order valence-corrected chi connectivity index (χ1v) is 7.44. The first kappa shape index (κ1) is 14.0. The molecule has 2 heterocycles. The van der Waals surface area contributed by atoms with Crippen molar-refractivity contribution in [3.63, 3.8) is 0 Å². The van der Waals surface area contributed by atoms with Gasteiger partial charge in [-0.05, 0) is 24.3 Å². The molecule has 0 radical (unpaired) electrons. The molecular formula is C11H7N3O4S2. The molecule has 0 aliphatic rings. The van der Waals surface area contributed by atoms with Crippen LogP contribution >= 0.6 is 11.3 Å². The van der Waals surface area contributed by atoms with Crippen molar-refractivity contribution >= 4 is 33.0 Å². The predicted octanol–water partition coefficient (Wildman–Crippen LogP) is 1.51. The van der Waals surface area contributed by atoms with Gasteiger partial charge in [0.15, 0.2) is 0 Å². The summed E-state index contributed by atoms with van der Waals surface area (Å²) in [6.07, 6.45) is 1.19. The van der Waals surface area contributed by atoms with Crippen molar-refractivity contribution in [3.8, 4) is 6.07 Å². The zero-order valence-corrected chi connectivity index (χ0v) is 11.4. The molecule has 9 heteroatoms. The van der Waals surface area contributed by atoms with Crippen molar-refractivity contribution in [1.29, 1.82) is 5.26 Å². The van der Waals surface area contributed by atoms with E-state index in [9.17, 15) is 13.2 Å². The molecule has 0 aliphatic heterocycles. The molecule has 2 aromatic rings. The third-order valence-electron chi connectivity index (χ3n) is 2.19. The summed E-state index contributed by atoms with van der Waals surface area (Å²) in [6.45, 7) is 0. The van der Waals surface area contributed by atoms with E-state index in [2.05, 4.69) is 9.71 Å². The van der Waals surface area contributed by atoms with Crippen LogP contribution in [0.3, 0.4) is 0 Å². The van der Waals surface area contributed by atoms with Gasteiger partial charge in [-0.3, -0.25) is 4.72 Å².